The zero-order valence-electron chi connectivity index (χ0n) is 17.1. The van der Waals surface area contributed by atoms with Crippen molar-refractivity contribution in [2.75, 3.05) is 0 Å². The average Bonchev–Trinajstić information content (AvgIpc) is 3.20. The minimum Gasteiger partial charge on any atom is -0.456 e. The van der Waals surface area contributed by atoms with Crippen LogP contribution in [0.3, 0.4) is 0 Å². The number of hydrogen-bond donors (Lipinski definition) is 0. The molecule has 0 aliphatic carbocycles. The topological polar surface area (TPSA) is 51.8 Å². The first-order chi connectivity index (χ1) is 15.7. The van der Waals surface area contributed by atoms with E-state index in [1.165, 1.54) is 0 Å². The lowest BCUT2D eigenvalue weighted by atomic mass is 10.0. The van der Waals surface area contributed by atoms with Gasteiger partial charge in [-0.25, -0.2) is 4.98 Å². The molecule has 4 nitrogen and oxygen atoms in total. The molecule has 0 bridgehead atoms. The molecule has 2 heterocycles. The van der Waals surface area contributed by atoms with E-state index in [0.717, 1.165) is 44.2 Å². The highest BCUT2D eigenvalue weighted by Gasteiger charge is 2.13. The number of aromatic nitrogens is 3. The number of benzene rings is 3. The third kappa shape index (κ3) is 3.61. The van der Waals surface area contributed by atoms with Crippen molar-refractivity contribution in [3.05, 3.63) is 109 Å². The van der Waals surface area contributed by atoms with Crippen molar-refractivity contribution in [2.24, 2.45) is 0 Å². The van der Waals surface area contributed by atoms with Crippen LogP contribution in [0.5, 0.6) is 0 Å². The fourth-order valence-corrected chi connectivity index (χ4v) is 3.88. The van der Waals surface area contributed by atoms with Crippen molar-refractivity contribution in [3.63, 3.8) is 0 Å². The molecule has 0 N–H and O–H groups in total. The van der Waals surface area contributed by atoms with Crippen LogP contribution in [0.4, 0.5) is 0 Å². The third-order valence-corrected chi connectivity index (χ3v) is 5.39. The van der Waals surface area contributed by atoms with E-state index in [-0.39, 0.29) is 5.28 Å². The standard InChI is InChI=1S/C27H18ClN3O/c1-3-8-17(4-2)18-9-7-10-19(15-18)25-29-26(31-27(28)30-25)20-13-14-22-21-11-5-6-12-23(21)32-24(22)16-20/h3-16H,1-2H2/b17-8+. The summed E-state index contributed by atoms with van der Waals surface area (Å²) in [5, 5.41) is 2.25. The molecule has 3 aromatic carbocycles. The molecule has 0 unspecified atom stereocenters. The van der Waals surface area contributed by atoms with Gasteiger partial charge in [-0.1, -0.05) is 73.9 Å². The van der Waals surface area contributed by atoms with Gasteiger partial charge in [0.2, 0.25) is 5.28 Å². The van der Waals surface area contributed by atoms with Crippen molar-refractivity contribution in [2.45, 2.75) is 0 Å². The van der Waals surface area contributed by atoms with E-state index in [2.05, 4.69) is 23.1 Å². The summed E-state index contributed by atoms with van der Waals surface area (Å²) in [7, 11) is 0. The number of rotatable bonds is 5. The minimum absolute atomic E-state index is 0.130. The van der Waals surface area contributed by atoms with Crippen molar-refractivity contribution < 1.29 is 4.42 Å². The number of furan rings is 1. The van der Waals surface area contributed by atoms with E-state index in [0.29, 0.717) is 11.6 Å². The van der Waals surface area contributed by atoms with E-state index in [1.54, 1.807) is 12.2 Å². The van der Waals surface area contributed by atoms with Gasteiger partial charge in [0, 0.05) is 21.9 Å². The Morgan fingerprint density at radius 1 is 0.781 bits per heavy atom. The predicted octanol–water partition coefficient (Wildman–Crippen LogP) is 7.51. The summed E-state index contributed by atoms with van der Waals surface area (Å²) in [4.78, 5) is 13.4. The van der Waals surface area contributed by atoms with Crippen LogP contribution in [0.15, 0.2) is 103 Å². The molecule has 0 atom stereocenters. The van der Waals surface area contributed by atoms with Crippen LogP contribution in [0, 0.1) is 0 Å². The number of halogens is 1. The van der Waals surface area contributed by atoms with E-state index < -0.39 is 0 Å². The molecule has 5 rings (SSSR count). The number of hydrogen-bond acceptors (Lipinski definition) is 4. The van der Waals surface area contributed by atoms with Crippen LogP contribution in [0.25, 0.3) is 50.3 Å². The highest BCUT2D eigenvalue weighted by atomic mass is 35.5. The number of para-hydroxylation sites is 1. The van der Waals surface area contributed by atoms with Crippen LogP contribution < -0.4 is 0 Å². The van der Waals surface area contributed by atoms with Gasteiger partial charge in [0.05, 0.1) is 0 Å². The molecule has 0 aliphatic heterocycles. The Hall–Kier alpha value is -4.02. The second kappa shape index (κ2) is 8.25. The quantitative estimate of drug-likeness (QED) is 0.268. The van der Waals surface area contributed by atoms with Gasteiger partial charge >= 0.3 is 0 Å². The summed E-state index contributed by atoms with van der Waals surface area (Å²) < 4.78 is 6.01. The first-order valence-electron chi connectivity index (χ1n) is 10.1. The largest absolute Gasteiger partial charge is 0.456 e. The Morgan fingerprint density at radius 3 is 2.31 bits per heavy atom. The van der Waals surface area contributed by atoms with Crippen molar-refractivity contribution >= 4 is 39.1 Å². The fourth-order valence-electron chi connectivity index (χ4n) is 3.72. The van der Waals surface area contributed by atoms with Crippen LogP contribution in [0.1, 0.15) is 5.56 Å². The SMILES string of the molecule is C=C/C=C(\C=C)c1cccc(-c2nc(Cl)nc(-c3ccc4c(c3)oc3ccccc34)n2)c1. The fraction of sp³-hybridized carbons (Fsp3) is 0. The Labute approximate surface area is 190 Å². The van der Waals surface area contributed by atoms with Gasteiger partial charge in [-0.3, -0.25) is 0 Å². The molecule has 0 saturated heterocycles. The minimum atomic E-state index is 0.130. The Balaban J connectivity index is 1.60. The lowest BCUT2D eigenvalue weighted by Crippen LogP contribution is -1.97. The molecule has 0 amide bonds. The molecule has 0 radical (unpaired) electrons. The third-order valence-electron chi connectivity index (χ3n) is 5.22. The molecule has 0 fully saturated rings. The molecule has 2 aromatic heterocycles. The molecule has 5 heteroatoms. The van der Waals surface area contributed by atoms with Gasteiger partial charge < -0.3 is 4.42 Å². The maximum Gasteiger partial charge on any atom is 0.226 e. The maximum atomic E-state index is 6.29. The normalized spacial score (nSPS) is 11.7. The van der Waals surface area contributed by atoms with Gasteiger partial charge in [-0.05, 0) is 47.0 Å². The second-order valence-corrected chi connectivity index (χ2v) is 7.54. The van der Waals surface area contributed by atoms with Gasteiger partial charge in [0.1, 0.15) is 11.2 Å². The van der Waals surface area contributed by atoms with Crippen molar-refractivity contribution in [1.82, 2.24) is 15.0 Å². The molecule has 0 aliphatic rings. The Bertz CT molecular complexity index is 1530. The number of nitrogens with zero attached hydrogens (tertiary/aromatic N) is 3. The average molecular weight is 436 g/mol. The van der Waals surface area contributed by atoms with Crippen LogP contribution in [0.2, 0.25) is 5.28 Å². The van der Waals surface area contributed by atoms with Crippen molar-refractivity contribution in [3.8, 4) is 22.8 Å². The van der Waals surface area contributed by atoms with Crippen molar-refractivity contribution in [1.29, 1.82) is 0 Å². The highest BCUT2D eigenvalue weighted by Crippen LogP contribution is 2.32. The van der Waals surface area contributed by atoms with Crippen LogP contribution >= 0.6 is 11.6 Å². The first-order valence-corrected chi connectivity index (χ1v) is 10.4. The monoisotopic (exact) mass is 435 g/mol. The van der Waals surface area contributed by atoms with E-state index >= 15 is 0 Å². The van der Waals surface area contributed by atoms with Crippen LogP contribution in [-0.4, -0.2) is 15.0 Å². The van der Waals surface area contributed by atoms with Gasteiger partial charge in [-0.15, -0.1) is 0 Å². The maximum absolute atomic E-state index is 6.29. The number of allylic oxidation sites excluding steroid dienone is 4. The summed E-state index contributed by atoms with van der Waals surface area (Å²) in [6, 6.07) is 21.8. The van der Waals surface area contributed by atoms with Crippen LogP contribution in [-0.2, 0) is 0 Å². The van der Waals surface area contributed by atoms with E-state index in [1.807, 2.05) is 72.8 Å². The summed E-state index contributed by atoms with van der Waals surface area (Å²) in [6.07, 6.45) is 5.42. The number of fused-ring (bicyclic) bond motifs is 3. The summed E-state index contributed by atoms with van der Waals surface area (Å²) >= 11 is 6.29. The van der Waals surface area contributed by atoms with E-state index in [9.17, 15) is 0 Å². The molecule has 0 spiro atoms. The zero-order valence-corrected chi connectivity index (χ0v) is 17.9. The Kier molecular flexibility index (Phi) is 5.13. The molecule has 32 heavy (non-hydrogen) atoms. The smallest absolute Gasteiger partial charge is 0.226 e. The zero-order chi connectivity index (χ0) is 22.1. The molecule has 5 aromatic rings. The summed E-state index contributed by atoms with van der Waals surface area (Å²) in [6.45, 7) is 7.64. The van der Waals surface area contributed by atoms with E-state index in [4.69, 9.17) is 21.0 Å². The molecule has 154 valence electrons. The lowest BCUT2D eigenvalue weighted by molar-refractivity contribution is 0.669. The van der Waals surface area contributed by atoms with Gasteiger partial charge in [0.25, 0.3) is 0 Å². The molecule has 0 saturated carbocycles. The lowest BCUT2D eigenvalue weighted by Gasteiger charge is -2.07. The van der Waals surface area contributed by atoms with Gasteiger partial charge in [0.15, 0.2) is 11.6 Å². The second-order valence-electron chi connectivity index (χ2n) is 7.20. The molecular formula is C27H18ClN3O. The first kappa shape index (κ1) is 19.9. The molecular weight excluding hydrogens is 418 g/mol. The summed E-state index contributed by atoms with van der Waals surface area (Å²) in [5.74, 6) is 0.979. The predicted molar refractivity (Wildman–Crippen MR) is 131 cm³/mol. The van der Waals surface area contributed by atoms with Gasteiger partial charge in [-0.2, -0.15) is 9.97 Å². The Morgan fingerprint density at radius 2 is 1.53 bits per heavy atom. The highest BCUT2D eigenvalue weighted by molar-refractivity contribution is 6.28. The summed E-state index contributed by atoms with van der Waals surface area (Å²) in [5.41, 5.74) is 5.19.